The maximum Gasteiger partial charge on any atom is 0.483 e. The summed E-state index contributed by atoms with van der Waals surface area (Å²) in [7, 11) is -11.5. The van der Waals surface area contributed by atoms with Crippen molar-refractivity contribution in [3.63, 3.8) is 0 Å². The second-order valence-corrected chi connectivity index (χ2v) is 37.7. The number of carbonyl (C=O) groups is 9. The summed E-state index contributed by atoms with van der Waals surface area (Å²) in [5, 5.41) is 78.7. The predicted molar refractivity (Wildman–Crippen MR) is 499 cm³/mol. The van der Waals surface area contributed by atoms with Crippen molar-refractivity contribution in [2.24, 2.45) is 5.73 Å². The van der Waals surface area contributed by atoms with Crippen molar-refractivity contribution in [1.29, 1.82) is 0 Å². The molecular formula is C94H156N8O26P2. The summed E-state index contributed by atoms with van der Waals surface area (Å²) in [6, 6.07) is -11.0. The van der Waals surface area contributed by atoms with Gasteiger partial charge in [-0.2, -0.15) is 4.31 Å². The van der Waals surface area contributed by atoms with Crippen LogP contribution < -0.4 is 43.0 Å². The van der Waals surface area contributed by atoms with Gasteiger partial charge in [0.1, 0.15) is 85.0 Å². The Morgan fingerprint density at radius 3 is 1.17 bits per heavy atom. The molecule has 17 N–H and O–H groups in total. The zero-order chi connectivity index (χ0) is 98.0. The standard InChI is InChI=1S/C94H156N8O26P2/c1-59(2)31-21-32-60(3)33-22-34-61(4)35-23-36-62(5)37-24-38-63(6)39-25-40-64(7)41-26-42-65(8)43-27-44-66(9)45-28-46-67(10)47-29-48-68(11)49-30-50-69(12)54-56-122-129(118,119)128-130(120,121)127-94-82(100-75(18)106)86(85(79(58-104)125-94)126-93-81(99-74(17)105)84(109)83(108)78(57-103)124-93)123-73(16)89(112)96-71(14)88(111)102-77(92(116)117)52-53-80(107)101-76(51-19-20-55-95)90(113)97-70(13)87(110)98-72(15)91(114)115/h31,33,35,37,39,41,43,45,47,49,54,70-73,76-79,81-86,93-94,103-104,108-109H,19-30,32,34,36,38,40,42,44,46,48,50-53,55-58,95H2,1-18H3,(H,96,112)(H,97,113)(H,98,110)(H,99,105)(H,100,106)(H,101,107)(H,102,111)(H,114,115)(H,116,117)(H,118,119)(H,120,121)/b60-33+,61-35+,62-37+,63-39+,64-41+,65-43+,66-45+,67-47+,68-49+,69-54+/t70-,71+,72-,73-,76+,77-,78-,79-,81-,82-,83-,84-,85-,86-,93?,94?/m1/s1. The Bertz CT molecular complexity index is 4070. The molecule has 0 spiro atoms. The summed E-state index contributed by atoms with van der Waals surface area (Å²) < 4.78 is 66.3. The Kier molecular flexibility index (Phi) is 57.8. The highest BCUT2D eigenvalue weighted by atomic mass is 31.3. The van der Waals surface area contributed by atoms with Gasteiger partial charge in [-0.05, 0) is 271 Å². The molecular weight excluding hydrogens is 1720 g/mol. The number of nitrogens with one attached hydrogen (secondary N) is 7. The van der Waals surface area contributed by atoms with Crippen molar-refractivity contribution in [2.45, 2.75) is 383 Å². The molecule has 738 valence electrons. The van der Waals surface area contributed by atoms with Gasteiger partial charge in [-0.25, -0.2) is 13.9 Å². The van der Waals surface area contributed by atoms with E-state index in [-0.39, 0.29) is 13.0 Å². The van der Waals surface area contributed by atoms with E-state index in [9.17, 15) is 92.7 Å². The molecule has 0 aromatic rings. The van der Waals surface area contributed by atoms with Crippen LogP contribution in [0.4, 0.5) is 0 Å². The SMILES string of the molecule is CC(=O)N[C@H]1C(O[C@H]2[C@H](O[C@H](C)C(=O)N[C@@H](C)C(=O)N[C@H](CCC(=O)N[C@@H](CCCCN)C(=O)N[C@H](C)C(=O)N[C@H](C)C(=O)O)C(=O)O)[C@@H](NC(C)=O)C(OP(=O)(O)OP(=O)(O)OC/C=C(\C)CC/C=C(\C)CC/C=C(\C)CC/C=C(\C)CC/C=C(\C)CC/C=C(\C)CC/C=C(\C)CC/C=C(\C)CC/C=C(\C)CC/C=C(\C)CCC=C(C)C)O[C@@H]2CO)O[C@H](CO)[C@@H](O)[C@@H]1O. The van der Waals surface area contributed by atoms with E-state index in [4.69, 9.17) is 33.7 Å². The number of aliphatic carboxylic acids is 2. The van der Waals surface area contributed by atoms with E-state index < -0.39 is 199 Å². The molecule has 2 aliphatic heterocycles. The normalized spacial score (nSPS) is 22.4. The van der Waals surface area contributed by atoms with Gasteiger partial charge < -0.3 is 102 Å². The summed E-state index contributed by atoms with van der Waals surface area (Å²) >= 11 is 0. The number of rotatable bonds is 63. The molecule has 0 aromatic heterocycles. The van der Waals surface area contributed by atoms with Crippen LogP contribution in [0.1, 0.15) is 285 Å². The summed E-state index contributed by atoms with van der Waals surface area (Å²) in [4.78, 5) is 138. The lowest BCUT2D eigenvalue weighted by Crippen LogP contribution is -2.70. The quantitative estimate of drug-likeness (QED) is 0.0153. The number of aliphatic hydroxyl groups excluding tert-OH is 4. The molecule has 0 aromatic carbocycles. The number of amides is 7. The Balaban J connectivity index is 2.08. The van der Waals surface area contributed by atoms with Crippen LogP contribution in [-0.4, -0.2) is 218 Å². The van der Waals surface area contributed by atoms with Crippen LogP contribution in [0.2, 0.25) is 0 Å². The molecule has 0 bridgehead atoms. The molecule has 4 unspecified atom stereocenters. The number of phosphoric acid groups is 2. The van der Waals surface area contributed by atoms with Crippen molar-refractivity contribution in [3.05, 3.63) is 128 Å². The first-order valence-corrected chi connectivity index (χ1v) is 48.4. The largest absolute Gasteiger partial charge is 0.483 e. The van der Waals surface area contributed by atoms with Crippen molar-refractivity contribution in [2.75, 3.05) is 26.4 Å². The fourth-order valence-electron chi connectivity index (χ4n) is 14.0. The summed E-state index contributed by atoms with van der Waals surface area (Å²) in [5.41, 5.74) is 20.4. The summed E-state index contributed by atoms with van der Waals surface area (Å²) in [6.07, 6.45) is 27.0. The highest BCUT2D eigenvalue weighted by molar-refractivity contribution is 7.61. The first-order valence-electron chi connectivity index (χ1n) is 45.4. The van der Waals surface area contributed by atoms with Gasteiger partial charge in [-0.3, -0.25) is 47.4 Å². The molecule has 130 heavy (non-hydrogen) atoms. The van der Waals surface area contributed by atoms with Crippen LogP contribution in [0.5, 0.6) is 0 Å². The van der Waals surface area contributed by atoms with Gasteiger partial charge >= 0.3 is 27.6 Å². The molecule has 2 rings (SSSR count). The van der Waals surface area contributed by atoms with Crippen molar-refractivity contribution >= 4 is 68.9 Å². The molecule has 0 saturated carbocycles. The fourth-order valence-corrected chi connectivity index (χ4v) is 16.1. The predicted octanol–water partition coefficient (Wildman–Crippen LogP) is 12.4. The van der Waals surface area contributed by atoms with E-state index >= 15 is 0 Å². The molecule has 18 atom stereocenters. The number of aliphatic hydroxyl groups is 4. The van der Waals surface area contributed by atoms with Crippen LogP contribution >= 0.6 is 15.6 Å². The minimum absolute atomic E-state index is 0.0174. The van der Waals surface area contributed by atoms with Gasteiger partial charge in [0, 0.05) is 20.3 Å². The lowest BCUT2D eigenvalue weighted by molar-refractivity contribution is -0.331. The third-order valence-electron chi connectivity index (χ3n) is 22.1. The van der Waals surface area contributed by atoms with Crippen LogP contribution in [0.25, 0.3) is 0 Å². The van der Waals surface area contributed by atoms with Crippen LogP contribution in [0.15, 0.2) is 128 Å². The number of carboxylic acid groups (broad SMARTS) is 2. The van der Waals surface area contributed by atoms with Crippen molar-refractivity contribution < 1.29 is 125 Å². The number of carbonyl (C=O) groups excluding carboxylic acids is 7. The highest BCUT2D eigenvalue weighted by Gasteiger charge is 2.55. The van der Waals surface area contributed by atoms with E-state index in [0.29, 0.717) is 25.7 Å². The average molecular weight is 1880 g/mol. The summed E-state index contributed by atoms with van der Waals surface area (Å²) in [6.45, 7) is 30.1. The Morgan fingerprint density at radius 2 is 0.785 bits per heavy atom. The van der Waals surface area contributed by atoms with Gasteiger partial charge in [0.15, 0.2) is 12.6 Å². The van der Waals surface area contributed by atoms with Crippen LogP contribution in [0, 0.1) is 0 Å². The Morgan fingerprint density at radius 1 is 0.408 bits per heavy atom. The molecule has 36 heteroatoms. The van der Waals surface area contributed by atoms with E-state index in [1.165, 1.54) is 75.7 Å². The van der Waals surface area contributed by atoms with Crippen molar-refractivity contribution in [3.8, 4) is 0 Å². The maximum atomic E-state index is 14.1. The maximum absolute atomic E-state index is 14.1. The minimum Gasteiger partial charge on any atom is -0.480 e. The van der Waals surface area contributed by atoms with Gasteiger partial charge in [0.05, 0.1) is 19.8 Å². The second-order valence-electron chi connectivity index (χ2n) is 34.7. The van der Waals surface area contributed by atoms with E-state index in [1.807, 2.05) is 6.92 Å². The molecule has 2 saturated heterocycles. The third kappa shape index (κ3) is 50.4. The lowest BCUT2D eigenvalue weighted by Gasteiger charge is -2.49. The first-order chi connectivity index (χ1) is 61.1. The topological polar surface area (TPSA) is 524 Å². The van der Waals surface area contributed by atoms with Gasteiger partial charge in [-0.15, -0.1) is 0 Å². The smallest absolute Gasteiger partial charge is 0.480 e. The van der Waals surface area contributed by atoms with Gasteiger partial charge in [0.25, 0.3) is 0 Å². The highest BCUT2D eigenvalue weighted by Crippen LogP contribution is 2.61. The first kappa shape index (κ1) is 118. The average Bonchev–Trinajstić information content (AvgIpc) is 0.764. The number of hydrogen-bond acceptors (Lipinski definition) is 23. The summed E-state index contributed by atoms with van der Waals surface area (Å²) in [5.74, 6) is -9.61. The van der Waals surface area contributed by atoms with Crippen molar-refractivity contribution in [1.82, 2.24) is 37.2 Å². The lowest BCUT2D eigenvalue weighted by atomic mass is 9.94. The number of nitrogens with two attached hydrogens (primary N) is 1. The Labute approximate surface area is 770 Å². The molecule has 2 heterocycles. The van der Waals surface area contributed by atoms with Crippen LogP contribution in [-0.2, 0) is 84.6 Å². The zero-order valence-corrected chi connectivity index (χ0v) is 81.8. The molecule has 2 aliphatic rings. The molecule has 2 fully saturated rings. The molecule has 0 aliphatic carbocycles. The zero-order valence-electron chi connectivity index (χ0n) is 80.0. The number of phosphoric ester groups is 2. The van der Waals surface area contributed by atoms with E-state index in [2.05, 4.69) is 172 Å². The fraction of sp³-hybridized carbons (Fsp3) is 0.670. The number of allylic oxidation sites excluding steroid dienone is 21. The number of carboxylic acids is 2. The minimum atomic E-state index is -5.95. The molecule has 0 radical (unpaired) electrons. The Hall–Kier alpha value is -7.73. The number of ether oxygens (including phenoxy) is 4. The molecule has 34 nitrogen and oxygen atoms in total. The van der Waals surface area contributed by atoms with Gasteiger partial charge in [-0.1, -0.05) is 128 Å². The van der Waals surface area contributed by atoms with E-state index in [0.717, 1.165) is 149 Å². The van der Waals surface area contributed by atoms with Gasteiger partial charge in [0.2, 0.25) is 41.4 Å². The third-order valence-corrected chi connectivity index (χ3v) is 24.7. The monoisotopic (exact) mass is 1880 g/mol. The van der Waals surface area contributed by atoms with Crippen LogP contribution in [0.3, 0.4) is 0 Å². The van der Waals surface area contributed by atoms with E-state index in [1.54, 1.807) is 6.92 Å². The second kappa shape index (κ2) is 63.5. The number of unbranched alkanes of at least 4 members (excludes halogenated alkanes) is 1. The number of hydrogen-bond donors (Lipinski definition) is 16. The molecule has 7 amide bonds.